The zero-order valence-electron chi connectivity index (χ0n) is 13.6. The third-order valence-corrected chi connectivity index (χ3v) is 4.96. The number of rotatable bonds is 5. The van der Waals surface area contributed by atoms with Gasteiger partial charge in [0.2, 0.25) is 5.91 Å². The Hall–Kier alpha value is -2.37. The van der Waals surface area contributed by atoms with Crippen LogP contribution >= 0.6 is 0 Å². The first-order valence-corrected chi connectivity index (χ1v) is 8.38. The molecule has 6 heteroatoms. The summed E-state index contributed by atoms with van der Waals surface area (Å²) in [4.78, 5) is 35.3. The summed E-state index contributed by atoms with van der Waals surface area (Å²) in [7, 11) is 0. The number of anilines is 1. The van der Waals surface area contributed by atoms with Crippen LogP contribution in [0, 0.1) is 17.8 Å². The van der Waals surface area contributed by atoms with Crippen LogP contribution in [0.4, 0.5) is 5.69 Å². The van der Waals surface area contributed by atoms with Gasteiger partial charge in [-0.15, -0.1) is 0 Å². The molecule has 3 N–H and O–H groups in total. The molecule has 4 atom stereocenters. The summed E-state index contributed by atoms with van der Waals surface area (Å²) in [5.41, 5.74) is 1.08. The molecular weight excluding hydrogens is 308 g/mol. The Bertz CT molecular complexity index is 673. The second-order valence-electron chi connectivity index (χ2n) is 6.91. The van der Waals surface area contributed by atoms with Gasteiger partial charge in [0.05, 0.1) is 5.92 Å². The first-order chi connectivity index (χ1) is 11.4. The second-order valence-corrected chi connectivity index (χ2v) is 6.91. The monoisotopic (exact) mass is 330 g/mol. The van der Waals surface area contributed by atoms with Crippen molar-refractivity contribution in [3.05, 3.63) is 29.8 Å². The summed E-state index contributed by atoms with van der Waals surface area (Å²) < 4.78 is 0. The Morgan fingerprint density at radius 1 is 1.17 bits per heavy atom. The van der Waals surface area contributed by atoms with Crippen LogP contribution in [0.2, 0.25) is 0 Å². The van der Waals surface area contributed by atoms with Crippen molar-refractivity contribution in [1.29, 1.82) is 0 Å². The summed E-state index contributed by atoms with van der Waals surface area (Å²) in [6, 6.07) is 6.73. The topological polar surface area (TPSA) is 95.5 Å². The second kappa shape index (κ2) is 6.63. The Labute approximate surface area is 140 Å². The minimum Gasteiger partial charge on any atom is -0.481 e. The number of hydrogen-bond acceptors (Lipinski definition) is 3. The lowest BCUT2D eigenvalue weighted by Gasteiger charge is -2.13. The summed E-state index contributed by atoms with van der Waals surface area (Å²) in [6.07, 6.45) is 2.66. The minimum atomic E-state index is -0.800. The predicted octanol–water partition coefficient (Wildman–Crippen LogP) is 2.26. The van der Waals surface area contributed by atoms with Gasteiger partial charge in [0.15, 0.2) is 0 Å². The quantitative estimate of drug-likeness (QED) is 0.771. The van der Waals surface area contributed by atoms with E-state index in [9.17, 15) is 14.4 Å². The van der Waals surface area contributed by atoms with Crippen LogP contribution < -0.4 is 10.6 Å². The Morgan fingerprint density at radius 2 is 1.92 bits per heavy atom. The maximum absolute atomic E-state index is 12.3. The first kappa shape index (κ1) is 16.5. The minimum absolute atomic E-state index is 0.000140. The smallest absolute Gasteiger partial charge is 0.306 e. The van der Waals surface area contributed by atoms with Crippen LogP contribution in [-0.4, -0.2) is 28.9 Å². The Balaban J connectivity index is 1.58. The predicted molar refractivity (Wildman–Crippen MR) is 88.6 cm³/mol. The van der Waals surface area contributed by atoms with Gasteiger partial charge in [0, 0.05) is 23.2 Å². The van der Waals surface area contributed by atoms with Gasteiger partial charge in [-0.1, -0.05) is 13.0 Å². The van der Waals surface area contributed by atoms with Crippen LogP contribution in [0.1, 0.15) is 43.0 Å². The summed E-state index contributed by atoms with van der Waals surface area (Å²) in [5, 5.41) is 14.8. The third-order valence-electron chi connectivity index (χ3n) is 4.96. The number of aliphatic carboxylic acids is 1. The molecule has 128 valence electrons. The molecule has 2 aliphatic carbocycles. The van der Waals surface area contributed by atoms with Crippen molar-refractivity contribution in [1.82, 2.24) is 5.32 Å². The van der Waals surface area contributed by atoms with Crippen LogP contribution in [-0.2, 0) is 9.59 Å². The van der Waals surface area contributed by atoms with E-state index in [2.05, 4.69) is 10.6 Å². The molecule has 0 saturated heterocycles. The average molecular weight is 330 g/mol. The van der Waals surface area contributed by atoms with Gasteiger partial charge in [-0.3, -0.25) is 14.4 Å². The van der Waals surface area contributed by atoms with E-state index in [1.807, 2.05) is 6.92 Å². The average Bonchev–Trinajstić information content (AvgIpc) is 3.09. The summed E-state index contributed by atoms with van der Waals surface area (Å²) in [6.45, 7) is 2.04. The van der Waals surface area contributed by atoms with E-state index in [1.165, 1.54) is 0 Å². The van der Waals surface area contributed by atoms with Gasteiger partial charge in [0.25, 0.3) is 5.91 Å². The molecule has 0 aromatic heterocycles. The maximum Gasteiger partial charge on any atom is 0.306 e. The van der Waals surface area contributed by atoms with Gasteiger partial charge in [0.1, 0.15) is 0 Å². The molecule has 2 unspecified atom stereocenters. The van der Waals surface area contributed by atoms with Crippen molar-refractivity contribution >= 4 is 23.5 Å². The van der Waals surface area contributed by atoms with Gasteiger partial charge < -0.3 is 15.7 Å². The highest BCUT2D eigenvalue weighted by molar-refractivity contribution is 5.98. The van der Waals surface area contributed by atoms with E-state index < -0.39 is 5.97 Å². The zero-order chi connectivity index (χ0) is 17.3. The standard InChI is InChI=1S/C18H22N2O4/c1-10-7-15(10)17(22)20-13-4-2-3-11(8-13)16(21)19-14-6-5-12(9-14)18(23)24/h2-4,8,10,12,14-15H,5-7,9H2,1H3,(H,19,21)(H,20,22)(H,23,24)/t10?,12-,14+,15?/m0/s1. The first-order valence-electron chi connectivity index (χ1n) is 8.38. The Morgan fingerprint density at radius 3 is 2.54 bits per heavy atom. The van der Waals surface area contributed by atoms with Gasteiger partial charge >= 0.3 is 5.97 Å². The van der Waals surface area contributed by atoms with E-state index in [4.69, 9.17) is 5.11 Å². The molecule has 2 aliphatic rings. The van der Waals surface area contributed by atoms with Crippen molar-refractivity contribution in [2.45, 2.75) is 38.6 Å². The van der Waals surface area contributed by atoms with Gasteiger partial charge in [-0.25, -0.2) is 0 Å². The fourth-order valence-electron chi connectivity index (χ4n) is 3.27. The lowest BCUT2D eigenvalue weighted by atomic mass is 10.1. The van der Waals surface area contributed by atoms with E-state index in [0.717, 1.165) is 6.42 Å². The van der Waals surface area contributed by atoms with E-state index in [1.54, 1.807) is 24.3 Å². The van der Waals surface area contributed by atoms with Crippen molar-refractivity contribution in [2.75, 3.05) is 5.32 Å². The molecule has 0 spiro atoms. The van der Waals surface area contributed by atoms with E-state index in [-0.39, 0.29) is 29.7 Å². The van der Waals surface area contributed by atoms with Crippen LogP contribution in [0.5, 0.6) is 0 Å². The zero-order valence-corrected chi connectivity index (χ0v) is 13.6. The molecule has 2 amide bonds. The highest BCUT2D eigenvalue weighted by atomic mass is 16.4. The molecule has 0 radical (unpaired) electrons. The number of benzene rings is 1. The highest BCUT2D eigenvalue weighted by Crippen LogP contribution is 2.38. The van der Waals surface area contributed by atoms with Gasteiger partial charge in [-0.05, 0) is 49.8 Å². The molecule has 2 fully saturated rings. The number of carboxylic acid groups (broad SMARTS) is 1. The van der Waals surface area contributed by atoms with Crippen LogP contribution in [0.3, 0.4) is 0 Å². The van der Waals surface area contributed by atoms with E-state index in [0.29, 0.717) is 36.4 Å². The number of nitrogens with one attached hydrogen (secondary N) is 2. The van der Waals surface area contributed by atoms with Crippen molar-refractivity contribution in [2.24, 2.45) is 17.8 Å². The molecule has 0 aliphatic heterocycles. The molecule has 3 rings (SSSR count). The number of hydrogen-bond donors (Lipinski definition) is 3. The number of carbonyl (C=O) groups excluding carboxylic acids is 2. The highest BCUT2D eigenvalue weighted by Gasteiger charge is 2.39. The van der Waals surface area contributed by atoms with Gasteiger partial charge in [-0.2, -0.15) is 0 Å². The number of amides is 2. The molecule has 2 saturated carbocycles. The number of carboxylic acids is 1. The molecule has 1 aromatic rings. The maximum atomic E-state index is 12.3. The molecule has 0 heterocycles. The third kappa shape index (κ3) is 3.75. The fourth-order valence-corrected chi connectivity index (χ4v) is 3.27. The normalized spacial score (nSPS) is 28.2. The molecule has 1 aromatic carbocycles. The lowest BCUT2D eigenvalue weighted by molar-refractivity contribution is -0.141. The summed E-state index contributed by atoms with van der Waals surface area (Å²) in [5.74, 6) is -0.899. The lowest BCUT2D eigenvalue weighted by Crippen LogP contribution is -2.33. The van der Waals surface area contributed by atoms with Crippen molar-refractivity contribution in [3.8, 4) is 0 Å². The number of carbonyl (C=O) groups is 3. The van der Waals surface area contributed by atoms with Crippen molar-refractivity contribution in [3.63, 3.8) is 0 Å². The SMILES string of the molecule is CC1CC1C(=O)Nc1cccc(C(=O)N[C@@H]2CC[C@H](C(=O)O)C2)c1. The molecule has 0 bridgehead atoms. The van der Waals surface area contributed by atoms with E-state index >= 15 is 0 Å². The Kier molecular flexibility index (Phi) is 4.55. The van der Waals surface area contributed by atoms with Crippen molar-refractivity contribution < 1.29 is 19.5 Å². The fraction of sp³-hybridized carbons (Fsp3) is 0.500. The summed E-state index contributed by atoms with van der Waals surface area (Å²) >= 11 is 0. The van der Waals surface area contributed by atoms with Crippen LogP contribution in [0.25, 0.3) is 0 Å². The molecule has 6 nitrogen and oxygen atoms in total. The molecular formula is C18H22N2O4. The van der Waals surface area contributed by atoms with Crippen LogP contribution in [0.15, 0.2) is 24.3 Å². The molecule has 24 heavy (non-hydrogen) atoms. The largest absolute Gasteiger partial charge is 0.481 e.